The van der Waals surface area contributed by atoms with E-state index in [-0.39, 0.29) is 0 Å². The Morgan fingerprint density at radius 3 is 2.33 bits per heavy atom. The number of carbonyl (C=O) groups excluding carboxylic acids is 1. The molecular formula is C5ClF3N2O. The van der Waals surface area contributed by atoms with Crippen molar-refractivity contribution >= 4 is 17.6 Å². The average Bonchev–Trinajstić information content (AvgIpc) is 1.82. The average molecular weight is 197 g/mol. The van der Waals surface area contributed by atoms with Gasteiger partial charge in [-0.3, -0.25) is 4.79 Å². The molecule has 0 unspecified atom stereocenters. The number of carbonyl (C=O) groups is 1. The topological polar surface area (TPSA) is 42.9 Å². The van der Waals surface area contributed by atoms with Gasteiger partial charge in [0.15, 0.2) is 5.15 Å². The maximum Gasteiger partial charge on any atom is 0.339 e. The monoisotopic (exact) mass is 196 g/mol. The number of hydrogen-bond acceptors (Lipinski definition) is 3. The fourth-order valence-corrected chi connectivity index (χ4v) is 0.768. The Balaban J connectivity index is 3.38. The van der Waals surface area contributed by atoms with E-state index in [1.807, 2.05) is 0 Å². The van der Waals surface area contributed by atoms with Gasteiger partial charge in [0, 0.05) is 0 Å². The fourth-order valence-electron chi connectivity index (χ4n) is 0.546. The van der Waals surface area contributed by atoms with Crippen LogP contribution in [0.4, 0.5) is 13.2 Å². The first-order valence-electron chi connectivity index (χ1n) is 2.60. The lowest BCUT2D eigenvalue weighted by Crippen LogP contribution is -2.04. The number of aromatic nitrogens is 2. The van der Waals surface area contributed by atoms with Gasteiger partial charge in [-0.15, -0.1) is 0 Å². The SMILES string of the molecule is O=C(F)c1c(F)nc(F)nc1Cl. The van der Waals surface area contributed by atoms with E-state index >= 15 is 0 Å². The van der Waals surface area contributed by atoms with Crippen molar-refractivity contribution in [3.63, 3.8) is 0 Å². The maximum absolute atomic E-state index is 12.4. The largest absolute Gasteiger partial charge is 0.339 e. The molecule has 0 aliphatic heterocycles. The first-order chi connectivity index (χ1) is 5.52. The molecular weight excluding hydrogens is 197 g/mol. The van der Waals surface area contributed by atoms with Gasteiger partial charge in [-0.05, 0) is 0 Å². The molecule has 0 aliphatic rings. The lowest BCUT2D eigenvalue weighted by Gasteiger charge is -1.96. The third-order valence-corrected chi connectivity index (χ3v) is 1.26. The van der Waals surface area contributed by atoms with Crippen LogP contribution in [0.15, 0.2) is 0 Å². The maximum atomic E-state index is 12.4. The Morgan fingerprint density at radius 1 is 1.33 bits per heavy atom. The summed E-state index contributed by atoms with van der Waals surface area (Å²) in [4.78, 5) is 15.2. The Bertz CT molecular complexity index is 320. The van der Waals surface area contributed by atoms with Crippen molar-refractivity contribution < 1.29 is 18.0 Å². The van der Waals surface area contributed by atoms with Crippen molar-refractivity contribution in [3.8, 4) is 0 Å². The molecule has 0 spiro atoms. The smallest absolute Gasteiger partial charge is 0.255 e. The highest BCUT2D eigenvalue weighted by Crippen LogP contribution is 2.16. The summed E-state index contributed by atoms with van der Waals surface area (Å²) in [7, 11) is 0. The standard InChI is InChI=1S/C5ClF3N2O/c6-2-1(4(8)12)3(7)11-5(9)10-2. The second-order valence-corrected chi connectivity index (χ2v) is 2.08. The summed E-state index contributed by atoms with van der Waals surface area (Å²) in [6.45, 7) is 0. The van der Waals surface area contributed by atoms with Crippen molar-refractivity contribution in [1.82, 2.24) is 9.97 Å². The highest BCUT2D eigenvalue weighted by molar-refractivity contribution is 6.32. The van der Waals surface area contributed by atoms with Crippen LogP contribution >= 0.6 is 11.6 Å². The minimum Gasteiger partial charge on any atom is -0.255 e. The van der Waals surface area contributed by atoms with E-state index in [2.05, 4.69) is 9.97 Å². The van der Waals surface area contributed by atoms with Gasteiger partial charge in [0.25, 0.3) is 0 Å². The molecule has 0 aromatic carbocycles. The summed E-state index contributed by atoms with van der Waals surface area (Å²) in [5, 5.41) is -0.882. The van der Waals surface area contributed by atoms with Crippen LogP contribution in [-0.4, -0.2) is 16.0 Å². The molecule has 64 valence electrons. The number of nitrogens with zero attached hydrogens (tertiary/aromatic N) is 2. The van der Waals surface area contributed by atoms with Crippen LogP contribution in [-0.2, 0) is 0 Å². The third-order valence-electron chi connectivity index (χ3n) is 0.990. The van der Waals surface area contributed by atoms with Crippen LogP contribution in [0.25, 0.3) is 0 Å². The molecule has 0 fully saturated rings. The molecule has 0 aliphatic carbocycles. The van der Waals surface area contributed by atoms with Gasteiger partial charge in [-0.2, -0.15) is 23.1 Å². The van der Waals surface area contributed by atoms with E-state index in [1.165, 1.54) is 0 Å². The van der Waals surface area contributed by atoms with Crippen molar-refractivity contribution in [1.29, 1.82) is 0 Å². The van der Waals surface area contributed by atoms with E-state index in [0.717, 1.165) is 0 Å². The molecule has 0 atom stereocenters. The summed E-state index contributed by atoms with van der Waals surface area (Å²) >= 11 is 5.04. The molecule has 7 heteroatoms. The summed E-state index contributed by atoms with van der Waals surface area (Å²) < 4.78 is 36.4. The molecule has 1 aromatic heterocycles. The Labute approximate surface area is 69.2 Å². The van der Waals surface area contributed by atoms with Gasteiger partial charge < -0.3 is 0 Å². The predicted octanol–water partition coefficient (Wildman–Crippen LogP) is 1.52. The highest BCUT2D eigenvalue weighted by atomic mass is 35.5. The van der Waals surface area contributed by atoms with Crippen molar-refractivity contribution in [3.05, 3.63) is 22.7 Å². The van der Waals surface area contributed by atoms with Crippen LogP contribution in [0.3, 0.4) is 0 Å². The highest BCUT2D eigenvalue weighted by Gasteiger charge is 2.19. The minimum absolute atomic E-state index is 0.882. The first-order valence-corrected chi connectivity index (χ1v) is 2.98. The molecule has 1 heterocycles. The summed E-state index contributed by atoms with van der Waals surface area (Å²) in [5.41, 5.74) is -1.15. The molecule has 0 radical (unpaired) electrons. The molecule has 0 N–H and O–H groups in total. The summed E-state index contributed by atoms with van der Waals surface area (Å²) in [5.74, 6) is -1.61. The number of rotatable bonds is 1. The van der Waals surface area contributed by atoms with E-state index in [1.54, 1.807) is 0 Å². The lowest BCUT2D eigenvalue weighted by molar-refractivity contribution is 0.0829. The van der Waals surface area contributed by atoms with Crippen LogP contribution in [0.2, 0.25) is 5.15 Å². The van der Waals surface area contributed by atoms with Crippen molar-refractivity contribution in [2.75, 3.05) is 0 Å². The summed E-state index contributed by atoms with van der Waals surface area (Å²) in [6.07, 6.45) is -1.46. The molecule has 0 saturated heterocycles. The third kappa shape index (κ3) is 1.53. The van der Waals surface area contributed by atoms with E-state index in [0.29, 0.717) is 0 Å². The molecule has 3 nitrogen and oxygen atoms in total. The van der Waals surface area contributed by atoms with Gasteiger partial charge in [0.05, 0.1) is 0 Å². The number of halogens is 4. The van der Waals surface area contributed by atoms with Crippen molar-refractivity contribution in [2.24, 2.45) is 0 Å². The molecule has 0 amide bonds. The molecule has 1 rings (SSSR count). The Kier molecular flexibility index (Phi) is 2.27. The second kappa shape index (κ2) is 3.06. The predicted molar refractivity (Wildman–Crippen MR) is 32.4 cm³/mol. The van der Waals surface area contributed by atoms with E-state index in [4.69, 9.17) is 11.6 Å². The Hall–Kier alpha value is -1.17. The lowest BCUT2D eigenvalue weighted by atomic mass is 10.3. The zero-order chi connectivity index (χ0) is 9.30. The van der Waals surface area contributed by atoms with E-state index < -0.39 is 28.8 Å². The normalized spacial score (nSPS) is 10.0. The quantitative estimate of drug-likeness (QED) is 0.389. The van der Waals surface area contributed by atoms with Gasteiger partial charge in [0.2, 0.25) is 5.95 Å². The zero-order valence-corrected chi connectivity index (χ0v) is 6.07. The van der Waals surface area contributed by atoms with Crippen LogP contribution in [0.5, 0.6) is 0 Å². The van der Waals surface area contributed by atoms with Gasteiger partial charge >= 0.3 is 12.1 Å². The molecule has 0 saturated carbocycles. The fraction of sp³-hybridized carbons (Fsp3) is 0. The van der Waals surface area contributed by atoms with Gasteiger partial charge in [0.1, 0.15) is 5.56 Å². The molecule has 0 bridgehead atoms. The second-order valence-electron chi connectivity index (χ2n) is 1.72. The number of hydrogen-bond donors (Lipinski definition) is 0. The van der Waals surface area contributed by atoms with E-state index in [9.17, 15) is 18.0 Å². The summed E-state index contributed by atoms with van der Waals surface area (Å²) in [6, 6.07) is -2.14. The first kappa shape index (κ1) is 8.92. The van der Waals surface area contributed by atoms with Gasteiger partial charge in [-0.25, -0.2) is 0 Å². The van der Waals surface area contributed by atoms with Crippen LogP contribution < -0.4 is 0 Å². The minimum atomic E-state index is -2.14. The van der Waals surface area contributed by atoms with Crippen molar-refractivity contribution in [2.45, 2.75) is 0 Å². The van der Waals surface area contributed by atoms with Crippen LogP contribution in [0, 0.1) is 12.0 Å². The zero-order valence-electron chi connectivity index (χ0n) is 5.31. The molecule has 1 aromatic rings. The molecule has 12 heavy (non-hydrogen) atoms. The Morgan fingerprint density at radius 2 is 1.92 bits per heavy atom. The van der Waals surface area contributed by atoms with Gasteiger partial charge in [-0.1, -0.05) is 11.6 Å². The van der Waals surface area contributed by atoms with Crippen LogP contribution in [0.1, 0.15) is 10.4 Å².